The lowest BCUT2D eigenvalue weighted by Gasteiger charge is -2.49. The van der Waals surface area contributed by atoms with Gasteiger partial charge in [0.25, 0.3) is 0 Å². The smallest absolute Gasteiger partial charge is 0.223 e. The molecule has 1 atom stereocenters. The van der Waals surface area contributed by atoms with E-state index in [1.165, 1.54) is 0 Å². The summed E-state index contributed by atoms with van der Waals surface area (Å²) in [6.07, 6.45) is 3.19. The van der Waals surface area contributed by atoms with Gasteiger partial charge in [-0.05, 0) is 19.9 Å². The molecule has 2 heterocycles. The van der Waals surface area contributed by atoms with E-state index in [4.69, 9.17) is 0 Å². The highest BCUT2D eigenvalue weighted by Crippen LogP contribution is 2.30. The van der Waals surface area contributed by atoms with Crippen LogP contribution in [0.2, 0.25) is 0 Å². The molecule has 0 saturated carbocycles. The maximum Gasteiger partial charge on any atom is 0.223 e. The lowest BCUT2D eigenvalue weighted by Crippen LogP contribution is -2.62. The number of carbonyl (C=O) groups is 2. The molecular weight excluding hydrogens is 306 g/mol. The number of sulfone groups is 1. The van der Waals surface area contributed by atoms with Gasteiger partial charge in [-0.1, -0.05) is 0 Å². The van der Waals surface area contributed by atoms with Crippen molar-refractivity contribution in [3.63, 3.8) is 0 Å². The number of nitrogens with zero attached hydrogens (tertiary/aromatic N) is 2. The van der Waals surface area contributed by atoms with Crippen molar-refractivity contribution >= 4 is 21.7 Å². The van der Waals surface area contributed by atoms with Crippen molar-refractivity contribution in [1.29, 1.82) is 0 Å². The second-order valence-electron chi connectivity index (χ2n) is 6.44. The summed E-state index contributed by atoms with van der Waals surface area (Å²) < 4.78 is 22.4. The first-order valence-electron chi connectivity index (χ1n) is 7.65. The molecule has 22 heavy (non-hydrogen) atoms. The number of carbonyl (C=O) groups excluding carboxylic acids is 2. The zero-order valence-electron chi connectivity index (χ0n) is 13.3. The zero-order valence-corrected chi connectivity index (χ0v) is 14.1. The van der Waals surface area contributed by atoms with E-state index < -0.39 is 9.84 Å². The lowest BCUT2D eigenvalue weighted by atomic mass is 9.86. The first-order valence-corrected chi connectivity index (χ1v) is 9.71. The van der Waals surface area contributed by atoms with E-state index in [0.29, 0.717) is 26.1 Å². The third kappa shape index (κ3) is 4.19. The zero-order chi connectivity index (χ0) is 16.4. The monoisotopic (exact) mass is 331 g/mol. The molecule has 2 aliphatic rings. The molecule has 0 aliphatic carbocycles. The fourth-order valence-electron chi connectivity index (χ4n) is 3.24. The molecule has 7 nitrogen and oxygen atoms in total. The summed E-state index contributed by atoms with van der Waals surface area (Å²) in [6.45, 7) is 2.55. The predicted molar refractivity (Wildman–Crippen MR) is 83.1 cm³/mol. The van der Waals surface area contributed by atoms with Crippen molar-refractivity contribution in [2.75, 3.05) is 45.2 Å². The molecule has 2 fully saturated rings. The van der Waals surface area contributed by atoms with Crippen LogP contribution in [-0.4, -0.2) is 80.8 Å². The van der Waals surface area contributed by atoms with Crippen LogP contribution in [-0.2, 0) is 19.4 Å². The van der Waals surface area contributed by atoms with Gasteiger partial charge in [0.2, 0.25) is 11.8 Å². The summed E-state index contributed by atoms with van der Waals surface area (Å²) in [4.78, 5) is 27.9. The lowest BCUT2D eigenvalue weighted by molar-refractivity contribution is -0.136. The van der Waals surface area contributed by atoms with Gasteiger partial charge in [0.1, 0.15) is 9.84 Å². The molecule has 126 valence electrons. The average molecular weight is 331 g/mol. The van der Waals surface area contributed by atoms with Gasteiger partial charge in [0, 0.05) is 50.8 Å². The van der Waals surface area contributed by atoms with Crippen LogP contribution in [0.15, 0.2) is 0 Å². The number of rotatable bonds is 3. The minimum atomic E-state index is -3.13. The fourth-order valence-corrected chi connectivity index (χ4v) is 3.79. The van der Waals surface area contributed by atoms with E-state index in [1.807, 2.05) is 7.05 Å². The van der Waals surface area contributed by atoms with Crippen LogP contribution in [0.5, 0.6) is 0 Å². The van der Waals surface area contributed by atoms with Crippen LogP contribution >= 0.6 is 0 Å². The van der Waals surface area contributed by atoms with Crippen molar-refractivity contribution in [3.05, 3.63) is 0 Å². The topological polar surface area (TPSA) is 86.8 Å². The van der Waals surface area contributed by atoms with E-state index >= 15 is 0 Å². The maximum atomic E-state index is 12.3. The van der Waals surface area contributed by atoms with Crippen molar-refractivity contribution in [2.45, 2.75) is 31.2 Å². The number of amides is 2. The fraction of sp³-hybridized carbons (Fsp3) is 0.857. The molecule has 2 rings (SSSR count). The predicted octanol–water partition coefficient (Wildman–Crippen LogP) is -0.766. The maximum absolute atomic E-state index is 12.3. The Labute approximate surface area is 131 Å². The Hall–Kier alpha value is -1.15. The standard InChI is InChI=1S/C14H25N3O4S/c1-16-8-9-17(13(19)4-10-22(2,20)21)11-14(16)5-3-12(18)15-7-6-14/h3-11H2,1-2H3,(H,15,18). The Morgan fingerprint density at radius 3 is 2.73 bits per heavy atom. The van der Waals surface area contributed by atoms with Gasteiger partial charge in [-0.3, -0.25) is 14.5 Å². The molecule has 1 unspecified atom stereocenters. The summed E-state index contributed by atoms with van der Waals surface area (Å²) in [7, 11) is -1.09. The minimum absolute atomic E-state index is 0.0375. The van der Waals surface area contributed by atoms with E-state index in [0.717, 1.165) is 25.6 Å². The van der Waals surface area contributed by atoms with E-state index in [9.17, 15) is 18.0 Å². The second kappa shape index (κ2) is 6.54. The molecule has 0 bridgehead atoms. The summed E-state index contributed by atoms with van der Waals surface area (Å²) in [5, 5.41) is 2.88. The molecule has 8 heteroatoms. The van der Waals surface area contributed by atoms with Crippen LogP contribution in [0.3, 0.4) is 0 Å². The van der Waals surface area contributed by atoms with Crippen molar-refractivity contribution in [3.8, 4) is 0 Å². The number of likely N-dealkylation sites (N-methyl/N-ethyl adjacent to an activating group) is 1. The summed E-state index contributed by atoms with van der Waals surface area (Å²) in [5.74, 6) is -0.155. The normalized spacial score (nSPS) is 27.5. The quantitative estimate of drug-likeness (QED) is 0.734. The van der Waals surface area contributed by atoms with Gasteiger partial charge in [-0.2, -0.15) is 0 Å². The van der Waals surface area contributed by atoms with E-state index in [1.54, 1.807) is 4.90 Å². The van der Waals surface area contributed by atoms with Crippen LogP contribution in [0.25, 0.3) is 0 Å². The SMILES string of the molecule is CN1CCN(C(=O)CCS(C)(=O)=O)CC12CCNC(=O)CC2. The largest absolute Gasteiger partial charge is 0.356 e. The summed E-state index contributed by atoms with van der Waals surface area (Å²) in [5.41, 5.74) is -0.182. The van der Waals surface area contributed by atoms with Crippen molar-refractivity contribution < 1.29 is 18.0 Å². The Kier molecular flexibility index (Phi) is 5.11. The van der Waals surface area contributed by atoms with Gasteiger partial charge < -0.3 is 10.2 Å². The first-order chi connectivity index (χ1) is 10.2. The van der Waals surface area contributed by atoms with E-state index in [2.05, 4.69) is 10.2 Å². The van der Waals surface area contributed by atoms with Gasteiger partial charge >= 0.3 is 0 Å². The van der Waals surface area contributed by atoms with Crippen LogP contribution < -0.4 is 5.32 Å². The Bertz CT molecular complexity index is 548. The van der Waals surface area contributed by atoms with Crippen molar-refractivity contribution in [2.24, 2.45) is 0 Å². The second-order valence-corrected chi connectivity index (χ2v) is 8.70. The average Bonchev–Trinajstić information content (AvgIpc) is 2.62. The highest BCUT2D eigenvalue weighted by Gasteiger charge is 2.41. The van der Waals surface area contributed by atoms with Gasteiger partial charge in [0.05, 0.1) is 5.75 Å². The Balaban J connectivity index is 2.03. The molecule has 0 radical (unpaired) electrons. The van der Waals surface area contributed by atoms with Gasteiger partial charge in [0.15, 0.2) is 0 Å². The molecule has 2 amide bonds. The third-order valence-corrected chi connectivity index (χ3v) is 5.72. The summed E-state index contributed by atoms with van der Waals surface area (Å²) in [6, 6.07) is 0. The molecular formula is C14H25N3O4S. The highest BCUT2D eigenvalue weighted by atomic mass is 32.2. The molecule has 2 saturated heterocycles. The molecule has 0 aromatic rings. The Morgan fingerprint density at radius 2 is 2.05 bits per heavy atom. The third-order valence-electron chi connectivity index (χ3n) is 4.77. The van der Waals surface area contributed by atoms with Crippen molar-refractivity contribution in [1.82, 2.24) is 15.1 Å². The van der Waals surface area contributed by atoms with Crippen LogP contribution in [0, 0.1) is 0 Å². The number of hydrogen-bond donors (Lipinski definition) is 1. The molecule has 2 aliphatic heterocycles. The van der Waals surface area contributed by atoms with Gasteiger partial charge in [-0.15, -0.1) is 0 Å². The molecule has 1 spiro atoms. The number of piperazine rings is 1. The van der Waals surface area contributed by atoms with Crippen LogP contribution in [0.4, 0.5) is 0 Å². The molecule has 0 aromatic carbocycles. The summed E-state index contributed by atoms with van der Waals surface area (Å²) >= 11 is 0. The van der Waals surface area contributed by atoms with E-state index in [-0.39, 0.29) is 29.5 Å². The minimum Gasteiger partial charge on any atom is -0.356 e. The highest BCUT2D eigenvalue weighted by molar-refractivity contribution is 7.90. The van der Waals surface area contributed by atoms with Gasteiger partial charge in [-0.25, -0.2) is 8.42 Å². The first kappa shape index (κ1) is 17.2. The Morgan fingerprint density at radius 1 is 1.32 bits per heavy atom. The molecule has 1 N–H and O–H groups in total. The number of nitrogens with one attached hydrogen (secondary N) is 1. The van der Waals surface area contributed by atoms with Crippen LogP contribution in [0.1, 0.15) is 25.7 Å². The molecule has 0 aromatic heterocycles. The number of hydrogen-bond acceptors (Lipinski definition) is 5.